The Labute approximate surface area is 114 Å². The molecule has 0 aromatic carbocycles. The second kappa shape index (κ2) is 6.52. The zero-order valence-corrected chi connectivity index (χ0v) is 11.4. The molecule has 0 saturated heterocycles. The Bertz CT molecular complexity index is 412. The van der Waals surface area contributed by atoms with Gasteiger partial charge in [0.15, 0.2) is 0 Å². The number of nitrogens with one attached hydrogen (secondary N) is 1. The lowest BCUT2D eigenvalue weighted by Gasteiger charge is -2.23. The Morgan fingerprint density at radius 2 is 2.21 bits per heavy atom. The van der Waals surface area contributed by atoms with Crippen molar-refractivity contribution in [2.75, 3.05) is 25.9 Å². The topological polar surface area (TPSA) is 71.2 Å². The summed E-state index contributed by atoms with van der Waals surface area (Å²) in [6.45, 7) is 1.53. The van der Waals surface area contributed by atoms with Gasteiger partial charge in [0.05, 0.1) is 11.9 Å². The van der Waals surface area contributed by atoms with Gasteiger partial charge in [-0.15, -0.1) is 0 Å². The molecule has 1 fully saturated rings. The minimum absolute atomic E-state index is 0.139. The minimum Gasteiger partial charge on any atom is -0.397 e. The summed E-state index contributed by atoms with van der Waals surface area (Å²) in [7, 11) is 2.13. The average molecular weight is 262 g/mol. The first-order valence-electron chi connectivity index (χ1n) is 6.87. The first kappa shape index (κ1) is 13.8. The van der Waals surface area contributed by atoms with Crippen LogP contribution in [0.1, 0.15) is 36.2 Å². The minimum atomic E-state index is -0.139. The van der Waals surface area contributed by atoms with Gasteiger partial charge in [0.25, 0.3) is 5.91 Å². The van der Waals surface area contributed by atoms with E-state index in [0.717, 1.165) is 6.54 Å². The molecular weight excluding hydrogens is 240 g/mol. The Morgan fingerprint density at radius 3 is 2.84 bits per heavy atom. The number of rotatable bonds is 5. The van der Waals surface area contributed by atoms with Crippen LogP contribution in [0.25, 0.3) is 0 Å². The van der Waals surface area contributed by atoms with Crippen LogP contribution in [-0.2, 0) is 0 Å². The van der Waals surface area contributed by atoms with Crippen molar-refractivity contribution >= 4 is 11.6 Å². The molecule has 1 saturated carbocycles. The molecule has 2 rings (SSSR count). The van der Waals surface area contributed by atoms with Crippen LogP contribution < -0.4 is 11.1 Å². The molecule has 0 bridgehead atoms. The molecule has 1 heterocycles. The molecule has 0 radical (unpaired) electrons. The Hall–Kier alpha value is -1.62. The number of hydrogen-bond donors (Lipinski definition) is 2. The molecule has 1 aliphatic carbocycles. The fraction of sp³-hybridized carbons (Fsp3) is 0.571. The molecular formula is C14H22N4O. The maximum atomic E-state index is 11.8. The van der Waals surface area contributed by atoms with Crippen molar-refractivity contribution < 1.29 is 4.79 Å². The summed E-state index contributed by atoms with van der Waals surface area (Å²) in [5.74, 6) is -0.139. The fourth-order valence-corrected chi connectivity index (χ4v) is 2.50. The maximum Gasteiger partial charge on any atom is 0.269 e. The number of hydrogen-bond acceptors (Lipinski definition) is 4. The maximum absolute atomic E-state index is 11.8. The summed E-state index contributed by atoms with van der Waals surface area (Å²) >= 11 is 0. The van der Waals surface area contributed by atoms with Crippen molar-refractivity contribution in [3.05, 3.63) is 24.0 Å². The number of carbonyl (C=O) groups is 1. The Kier molecular flexibility index (Phi) is 4.74. The van der Waals surface area contributed by atoms with E-state index in [1.165, 1.54) is 31.9 Å². The van der Waals surface area contributed by atoms with Gasteiger partial charge in [-0.05, 0) is 32.0 Å². The summed E-state index contributed by atoms with van der Waals surface area (Å²) in [6.07, 6.45) is 6.72. The van der Waals surface area contributed by atoms with Crippen molar-refractivity contribution in [1.29, 1.82) is 0 Å². The number of nitrogen functional groups attached to an aromatic ring is 1. The monoisotopic (exact) mass is 262 g/mol. The predicted octanol–water partition coefficient (Wildman–Crippen LogP) is 1.27. The van der Waals surface area contributed by atoms with Gasteiger partial charge in [-0.2, -0.15) is 0 Å². The van der Waals surface area contributed by atoms with Crippen LogP contribution >= 0.6 is 0 Å². The molecule has 3 N–H and O–H groups in total. The Balaban J connectivity index is 1.73. The van der Waals surface area contributed by atoms with E-state index in [1.807, 2.05) is 0 Å². The molecule has 1 aromatic heterocycles. The van der Waals surface area contributed by atoms with Crippen LogP contribution in [0.2, 0.25) is 0 Å². The summed E-state index contributed by atoms with van der Waals surface area (Å²) in [4.78, 5) is 18.2. The SMILES string of the molecule is CN(CCNC(=O)c1ccc(N)cn1)C1CCCC1. The van der Waals surface area contributed by atoms with Gasteiger partial charge in [0.2, 0.25) is 0 Å². The number of anilines is 1. The van der Waals surface area contributed by atoms with Crippen molar-refractivity contribution in [1.82, 2.24) is 15.2 Å². The third-order valence-corrected chi connectivity index (χ3v) is 3.72. The van der Waals surface area contributed by atoms with E-state index in [1.54, 1.807) is 12.1 Å². The van der Waals surface area contributed by atoms with Crippen LogP contribution in [0.5, 0.6) is 0 Å². The highest BCUT2D eigenvalue weighted by Gasteiger charge is 2.19. The summed E-state index contributed by atoms with van der Waals surface area (Å²) in [5.41, 5.74) is 6.52. The van der Waals surface area contributed by atoms with Crippen molar-refractivity contribution in [2.24, 2.45) is 0 Å². The zero-order valence-electron chi connectivity index (χ0n) is 11.4. The van der Waals surface area contributed by atoms with Crippen molar-refractivity contribution in [2.45, 2.75) is 31.7 Å². The van der Waals surface area contributed by atoms with Gasteiger partial charge in [-0.3, -0.25) is 4.79 Å². The van der Waals surface area contributed by atoms with Gasteiger partial charge >= 0.3 is 0 Å². The second-order valence-corrected chi connectivity index (χ2v) is 5.15. The average Bonchev–Trinajstić information content (AvgIpc) is 2.93. The lowest BCUT2D eigenvalue weighted by Crippen LogP contribution is -2.37. The summed E-state index contributed by atoms with van der Waals surface area (Å²) in [5, 5.41) is 2.89. The van der Waals surface area contributed by atoms with E-state index in [0.29, 0.717) is 24.0 Å². The number of nitrogens with zero attached hydrogens (tertiary/aromatic N) is 2. The van der Waals surface area contributed by atoms with E-state index < -0.39 is 0 Å². The van der Waals surface area contributed by atoms with Gasteiger partial charge in [-0.1, -0.05) is 12.8 Å². The van der Waals surface area contributed by atoms with Gasteiger partial charge in [0.1, 0.15) is 5.69 Å². The standard InChI is InChI=1S/C14H22N4O/c1-18(12-4-2-3-5-12)9-8-16-14(19)13-7-6-11(15)10-17-13/h6-7,10,12H,2-5,8-9,15H2,1H3,(H,16,19). The molecule has 0 atom stereocenters. The lowest BCUT2D eigenvalue weighted by atomic mass is 10.2. The summed E-state index contributed by atoms with van der Waals surface area (Å²) < 4.78 is 0. The molecule has 1 aliphatic rings. The highest BCUT2D eigenvalue weighted by Crippen LogP contribution is 2.21. The molecule has 0 aliphatic heterocycles. The first-order valence-corrected chi connectivity index (χ1v) is 6.87. The number of likely N-dealkylation sites (N-methyl/N-ethyl adjacent to an activating group) is 1. The third kappa shape index (κ3) is 3.92. The van der Waals surface area contributed by atoms with E-state index in [9.17, 15) is 4.79 Å². The zero-order chi connectivity index (χ0) is 13.7. The van der Waals surface area contributed by atoms with E-state index in [2.05, 4.69) is 22.2 Å². The van der Waals surface area contributed by atoms with Crippen LogP contribution in [0.15, 0.2) is 18.3 Å². The predicted molar refractivity (Wildman–Crippen MR) is 75.9 cm³/mol. The normalized spacial score (nSPS) is 15.9. The molecule has 5 nitrogen and oxygen atoms in total. The first-order chi connectivity index (χ1) is 9.16. The van der Waals surface area contributed by atoms with Crippen LogP contribution in [0.3, 0.4) is 0 Å². The van der Waals surface area contributed by atoms with E-state index in [4.69, 9.17) is 5.73 Å². The number of amides is 1. The lowest BCUT2D eigenvalue weighted by molar-refractivity contribution is 0.0942. The van der Waals surface area contributed by atoms with Crippen LogP contribution in [0.4, 0.5) is 5.69 Å². The van der Waals surface area contributed by atoms with Crippen molar-refractivity contribution in [3.8, 4) is 0 Å². The van der Waals surface area contributed by atoms with E-state index >= 15 is 0 Å². The highest BCUT2D eigenvalue weighted by atomic mass is 16.1. The molecule has 0 unspecified atom stereocenters. The Morgan fingerprint density at radius 1 is 1.47 bits per heavy atom. The second-order valence-electron chi connectivity index (χ2n) is 5.15. The van der Waals surface area contributed by atoms with Crippen LogP contribution in [0, 0.1) is 0 Å². The molecule has 104 valence electrons. The quantitative estimate of drug-likeness (QED) is 0.838. The molecule has 19 heavy (non-hydrogen) atoms. The smallest absolute Gasteiger partial charge is 0.269 e. The number of aromatic nitrogens is 1. The molecule has 1 amide bonds. The van der Waals surface area contributed by atoms with Gasteiger partial charge < -0.3 is 16.0 Å². The largest absolute Gasteiger partial charge is 0.397 e. The number of pyridine rings is 1. The molecule has 0 spiro atoms. The van der Waals surface area contributed by atoms with Gasteiger partial charge in [0, 0.05) is 19.1 Å². The van der Waals surface area contributed by atoms with Crippen molar-refractivity contribution in [3.63, 3.8) is 0 Å². The highest BCUT2D eigenvalue weighted by molar-refractivity contribution is 5.92. The fourth-order valence-electron chi connectivity index (χ4n) is 2.50. The molecule has 1 aromatic rings. The van der Waals surface area contributed by atoms with Gasteiger partial charge in [-0.25, -0.2) is 4.98 Å². The van der Waals surface area contributed by atoms with E-state index in [-0.39, 0.29) is 5.91 Å². The number of nitrogens with two attached hydrogens (primary N) is 1. The third-order valence-electron chi connectivity index (χ3n) is 3.72. The van der Waals surface area contributed by atoms with Crippen LogP contribution in [-0.4, -0.2) is 42.0 Å². The summed E-state index contributed by atoms with van der Waals surface area (Å²) in [6, 6.07) is 4.02. The molecule has 5 heteroatoms. The number of carbonyl (C=O) groups excluding carboxylic acids is 1.